The first-order valence-corrected chi connectivity index (χ1v) is 12.9. The summed E-state index contributed by atoms with van der Waals surface area (Å²) in [6, 6.07) is 24.9. The molecule has 0 aliphatic rings. The van der Waals surface area contributed by atoms with Gasteiger partial charge in [-0.15, -0.1) is 0 Å². The Labute approximate surface area is 213 Å². The third-order valence-electron chi connectivity index (χ3n) is 6.85. The van der Waals surface area contributed by atoms with E-state index in [1.54, 1.807) is 4.57 Å². The molecule has 1 amide bonds. The molecule has 5 heteroatoms. The van der Waals surface area contributed by atoms with Crippen LogP contribution in [-0.4, -0.2) is 26.9 Å². The lowest BCUT2D eigenvalue weighted by Gasteiger charge is -2.33. The number of hydrogen-bond acceptors (Lipinski definition) is 3. The van der Waals surface area contributed by atoms with Crippen LogP contribution < -0.4 is 5.56 Å². The second-order valence-electron chi connectivity index (χ2n) is 9.40. The van der Waals surface area contributed by atoms with E-state index in [0.29, 0.717) is 29.7 Å². The van der Waals surface area contributed by atoms with Crippen LogP contribution >= 0.6 is 0 Å². The van der Waals surface area contributed by atoms with E-state index in [9.17, 15) is 9.59 Å². The molecule has 0 saturated heterocycles. The van der Waals surface area contributed by atoms with Gasteiger partial charge >= 0.3 is 0 Å². The first-order valence-electron chi connectivity index (χ1n) is 12.9. The summed E-state index contributed by atoms with van der Waals surface area (Å²) in [7, 11) is 0. The number of benzene rings is 3. The number of hydrogen-bond donors (Lipinski definition) is 0. The quantitative estimate of drug-likeness (QED) is 0.271. The molecule has 0 saturated carbocycles. The zero-order valence-electron chi connectivity index (χ0n) is 21.6. The number of aromatic nitrogens is 2. The smallest absolute Gasteiger partial charge is 0.266 e. The Balaban J connectivity index is 1.88. The molecule has 4 aromatic rings. The van der Waals surface area contributed by atoms with Gasteiger partial charge in [0.15, 0.2) is 0 Å². The predicted molar refractivity (Wildman–Crippen MR) is 147 cm³/mol. The molecule has 0 bridgehead atoms. The van der Waals surface area contributed by atoms with Crippen molar-refractivity contribution >= 4 is 16.8 Å². The average Bonchev–Trinajstić information content (AvgIpc) is 2.90. The summed E-state index contributed by atoms with van der Waals surface area (Å²) in [5.74, 6) is 0.407. The number of unbranched alkanes of at least 4 members (excludes halogenated alkanes) is 1. The van der Waals surface area contributed by atoms with Gasteiger partial charge in [-0.05, 0) is 62.1 Å². The molecule has 0 aliphatic carbocycles. The molecule has 3 aromatic carbocycles. The van der Waals surface area contributed by atoms with Crippen molar-refractivity contribution in [1.29, 1.82) is 0 Å². The zero-order valence-corrected chi connectivity index (χ0v) is 21.6. The molecule has 1 heterocycles. The van der Waals surface area contributed by atoms with E-state index < -0.39 is 0 Å². The van der Waals surface area contributed by atoms with Crippen molar-refractivity contribution in [3.8, 4) is 5.69 Å². The molecular formula is C31H35N3O2. The zero-order chi connectivity index (χ0) is 25.7. The molecule has 0 aliphatic heterocycles. The molecule has 1 aromatic heterocycles. The fourth-order valence-electron chi connectivity index (χ4n) is 4.85. The van der Waals surface area contributed by atoms with E-state index in [1.807, 2.05) is 97.6 Å². The van der Waals surface area contributed by atoms with Crippen molar-refractivity contribution in [2.75, 3.05) is 6.54 Å². The van der Waals surface area contributed by atoms with Crippen LogP contribution in [0.4, 0.5) is 0 Å². The molecule has 186 valence electrons. The molecule has 5 nitrogen and oxygen atoms in total. The average molecular weight is 482 g/mol. The van der Waals surface area contributed by atoms with Crippen LogP contribution in [0.25, 0.3) is 16.6 Å². The minimum Gasteiger partial charge on any atom is -0.332 e. The second kappa shape index (κ2) is 11.3. The van der Waals surface area contributed by atoms with Gasteiger partial charge in [0, 0.05) is 6.54 Å². The van der Waals surface area contributed by atoms with Crippen LogP contribution in [0, 0.1) is 6.92 Å². The lowest BCUT2D eigenvalue weighted by molar-refractivity contribution is -0.135. The molecule has 0 radical (unpaired) electrons. The highest BCUT2D eigenvalue weighted by Crippen LogP contribution is 2.29. The number of para-hydroxylation sites is 1. The van der Waals surface area contributed by atoms with E-state index in [2.05, 4.69) is 13.8 Å². The van der Waals surface area contributed by atoms with Crippen molar-refractivity contribution in [3.05, 3.63) is 106 Å². The number of amides is 1. The maximum Gasteiger partial charge on any atom is 0.266 e. The minimum atomic E-state index is -0.389. The Morgan fingerprint density at radius 1 is 0.972 bits per heavy atom. The summed E-state index contributed by atoms with van der Waals surface area (Å²) in [6.45, 7) is 8.79. The Hall–Kier alpha value is -3.73. The number of aryl methyl sites for hydroxylation is 1. The number of rotatable bonds is 9. The van der Waals surface area contributed by atoms with Gasteiger partial charge in [0.1, 0.15) is 5.82 Å². The van der Waals surface area contributed by atoms with Crippen molar-refractivity contribution in [2.24, 2.45) is 0 Å². The van der Waals surface area contributed by atoms with E-state index in [-0.39, 0.29) is 23.4 Å². The van der Waals surface area contributed by atoms with Gasteiger partial charge in [-0.1, -0.05) is 74.9 Å². The lowest BCUT2D eigenvalue weighted by atomic mass is 9.94. The summed E-state index contributed by atoms with van der Waals surface area (Å²) in [6.07, 6.45) is 2.55. The van der Waals surface area contributed by atoms with Gasteiger partial charge < -0.3 is 4.90 Å². The fraction of sp³-hybridized carbons (Fsp3) is 0.323. The molecule has 0 spiro atoms. The van der Waals surface area contributed by atoms with Crippen LogP contribution in [-0.2, 0) is 4.79 Å². The molecule has 4 rings (SSSR count). The Morgan fingerprint density at radius 3 is 2.39 bits per heavy atom. The Morgan fingerprint density at radius 2 is 1.69 bits per heavy atom. The van der Waals surface area contributed by atoms with Gasteiger partial charge in [-0.2, -0.15) is 0 Å². The van der Waals surface area contributed by atoms with Crippen LogP contribution in [0.5, 0.6) is 0 Å². The fourth-order valence-corrected chi connectivity index (χ4v) is 4.85. The molecule has 36 heavy (non-hydrogen) atoms. The maximum absolute atomic E-state index is 14.1. The molecule has 2 unspecified atom stereocenters. The summed E-state index contributed by atoms with van der Waals surface area (Å²) in [5.41, 5.74) is 3.36. The summed E-state index contributed by atoms with van der Waals surface area (Å²) < 4.78 is 1.69. The van der Waals surface area contributed by atoms with Crippen molar-refractivity contribution in [3.63, 3.8) is 0 Å². The third kappa shape index (κ3) is 5.11. The summed E-state index contributed by atoms with van der Waals surface area (Å²) in [5, 5.41) is 0.567. The highest BCUT2D eigenvalue weighted by molar-refractivity contribution is 5.84. The number of nitrogens with zero attached hydrogens (tertiary/aromatic N) is 3. The Bertz CT molecular complexity index is 1390. The Kier molecular flexibility index (Phi) is 7.99. The first-order chi connectivity index (χ1) is 17.5. The molecule has 0 fully saturated rings. The third-order valence-corrected chi connectivity index (χ3v) is 6.85. The largest absolute Gasteiger partial charge is 0.332 e. The van der Waals surface area contributed by atoms with Crippen LogP contribution in [0.1, 0.15) is 68.9 Å². The monoisotopic (exact) mass is 481 g/mol. The minimum absolute atomic E-state index is 0.0721. The highest BCUT2D eigenvalue weighted by atomic mass is 16.2. The lowest BCUT2D eigenvalue weighted by Crippen LogP contribution is -2.40. The topological polar surface area (TPSA) is 55.2 Å². The molecular weight excluding hydrogens is 446 g/mol. The SMILES string of the molecule is CCCCN(C(=O)C(CC)c1ccccc1)C(C)c1nc2ccccc2c(=O)n1-c1cccc(C)c1. The van der Waals surface area contributed by atoms with Gasteiger partial charge in [0.05, 0.1) is 28.6 Å². The van der Waals surface area contributed by atoms with Crippen molar-refractivity contribution in [1.82, 2.24) is 14.5 Å². The van der Waals surface area contributed by atoms with Gasteiger partial charge in [0.2, 0.25) is 5.91 Å². The van der Waals surface area contributed by atoms with Gasteiger partial charge in [-0.25, -0.2) is 4.98 Å². The van der Waals surface area contributed by atoms with Crippen molar-refractivity contribution < 1.29 is 4.79 Å². The number of fused-ring (bicyclic) bond motifs is 1. The van der Waals surface area contributed by atoms with Crippen LogP contribution in [0.15, 0.2) is 83.7 Å². The standard InChI is InChI=1S/C31H35N3O2/c1-5-7-20-33(30(35)26(6-2)24-15-9-8-10-16-24)23(4)29-32-28-19-12-11-18-27(28)31(36)34(29)25-17-13-14-22(3)21-25/h8-19,21,23,26H,5-7,20H2,1-4H3. The van der Waals surface area contributed by atoms with E-state index in [4.69, 9.17) is 4.98 Å². The molecule has 0 N–H and O–H groups in total. The summed E-state index contributed by atoms with van der Waals surface area (Å²) >= 11 is 0. The van der Waals surface area contributed by atoms with Crippen molar-refractivity contribution in [2.45, 2.75) is 58.9 Å². The normalized spacial score (nSPS) is 12.9. The van der Waals surface area contributed by atoms with E-state index in [1.165, 1.54) is 0 Å². The first kappa shape index (κ1) is 25.4. The second-order valence-corrected chi connectivity index (χ2v) is 9.40. The van der Waals surface area contributed by atoms with Gasteiger partial charge in [-0.3, -0.25) is 14.2 Å². The number of carbonyl (C=O) groups excluding carboxylic acids is 1. The predicted octanol–water partition coefficient (Wildman–Crippen LogP) is 6.58. The van der Waals surface area contributed by atoms with Crippen LogP contribution in [0.2, 0.25) is 0 Å². The summed E-state index contributed by atoms with van der Waals surface area (Å²) in [4.78, 5) is 34.8. The highest BCUT2D eigenvalue weighted by Gasteiger charge is 2.31. The van der Waals surface area contributed by atoms with Gasteiger partial charge in [0.25, 0.3) is 5.56 Å². The molecule has 2 atom stereocenters. The maximum atomic E-state index is 14.1. The van der Waals surface area contributed by atoms with E-state index >= 15 is 0 Å². The van der Waals surface area contributed by atoms with Crippen LogP contribution in [0.3, 0.4) is 0 Å². The van der Waals surface area contributed by atoms with E-state index in [0.717, 1.165) is 29.7 Å². The number of carbonyl (C=O) groups is 1.